The van der Waals surface area contributed by atoms with Gasteiger partial charge in [0.2, 0.25) is 5.91 Å². The Hall–Kier alpha value is -3.68. The fourth-order valence-corrected chi connectivity index (χ4v) is 8.29. The Balaban J connectivity index is 1.12. The van der Waals surface area contributed by atoms with Crippen molar-refractivity contribution in [3.8, 4) is 11.5 Å². The Morgan fingerprint density at radius 2 is 2.00 bits per heavy atom. The number of aliphatic carboxylic acids is 1. The van der Waals surface area contributed by atoms with Gasteiger partial charge in [-0.15, -0.1) is 0 Å². The first-order chi connectivity index (χ1) is 22.5. The SMILES string of the molecule is CN(CCCC(=O)[C@@H](CCCCN)NC(=O)CC(=O)O)C(=O)OC1=CC[C@@]2(O)C3Cc4ccc(O)c5c4[C@@]2(CCN3CC2CC2)[C@H]1O5. The summed E-state index contributed by atoms with van der Waals surface area (Å²) in [7, 11) is 1.57. The van der Waals surface area contributed by atoms with Gasteiger partial charge in [-0.1, -0.05) is 6.07 Å². The van der Waals surface area contributed by atoms with Crippen LogP contribution in [0.1, 0.15) is 75.3 Å². The van der Waals surface area contributed by atoms with Gasteiger partial charge in [-0.3, -0.25) is 19.3 Å². The molecule has 2 aliphatic heterocycles. The van der Waals surface area contributed by atoms with Gasteiger partial charge >= 0.3 is 12.1 Å². The second-order valence-electron chi connectivity index (χ2n) is 13.9. The number of Topliss-reactive ketones (excluding diaryl/α,β-unsaturated/α-hetero) is 1. The third kappa shape index (κ3) is 6.09. The van der Waals surface area contributed by atoms with E-state index in [0.717, 1.165) is 24.2 Å². The van der Waals surface area contributed by atoms with E-state index in [1.54, 1.807) is 19.2 Å². The molecular formula is C34H46N4O9. The van der Waals surface area contributed by atoms with Crippen LogP contribution in [0.15, 0.2) is 24.0 Å². The number of amides is 2. The van der Waals surface area contributed by atoms with Crippen molar-refractivity contribution in [3.05, 3.63) is 35.1 Å². The number of phenols is 1. The maximum Gasteiger partial charge on any atom is 0.414 e. The van der Waals surface area contributed by atoms with Crippen LogP contribution in [0, 0.1) is 5.92 Å². The van der Waals surface area contributed by atoms with Crippen molar-refractivity contribution < 1.29 is 44.0 Å². The van der Waals surface area contributed by atoms with E-state index >= 15 is 0 Å². The number of rotatable bonds is 15. The number of nitrogens with two attached hydrogens (primary N) is 1. The topological polar surface area (TPSA) is 192 Å². The number of nitrogens with one attached hydrogen (secondary N) is 1. The molecule has 2 heterocycles. The smallest absolute Gasteiger partial charge is 0.414 e. The molecule has 1 saturated heterocycles. The highest BCUT2D eigenvalue weighted by Crippen LogP contribution is 2.65. The van der Waals surface area contributed by atoms with Gasteiger partial charge in [-0.05, 0) is 88.1 Å². The Kier molecular flexibility index (Phi) is 9.25. The van der Waals surface area contributed by atoms with Crippen LogP contribution < -0.4 is 15.8 Å². The quantitative estimate of drug-likeness (QED) is 0.137. The molecule has 3 aliphatic carbocycles. The molecule has 256 valence electrons. The maximum absolute atomic E-state index is 13.3. The normalized spacial score (nSPS) is 27.6. The molecule has 1 unspecified atom stereocenters. The molecule has 0 radical (unpaired) electrons. The number of likely N-dealkylation sites (tertiary alicyclic amines) is 1. The largest absolute Gasteiger partial charge is 0.504 e. The van der Waals surface area contributed by atoms with Crippen LogP contribution in [0.2, 0.25) is 0 Å². The third-order valence-electron chi connectivity index (χ3n) is 10.8. The molecule has 1 aromatic carbocycles. The molecule has 2 fully saturated rings. The molecule has 0 aromatic heterocycles. The zero-order chi connectivity index (χ0) is 33.5. The van der Waals surface area contributed by atoms with E-state index in [0.29, 0.717) is 62.5 Å². The highest BCUT2D eigenvalue weighted by atomic mass is 16.6. The number of unbranched alkanes of at least 4 members (excludes halogenated alkanes) is 1. The highest BCUT2D eigenvalue weighted by molar-refractivity contribution is 5.96. The number of benzene rings is 1. The van der Waals surface area contributed by atoms with E-state index in [1.807, 2.05) is 6.07 Å². The van der Waals surface area contributed by atoms with Gasteiger partial charge in [-0.25, -0.2) is 4.79 Å². The van der Waals surface area contributed by atoms with Crippen molar-refractivity contribution in [2.24, 2.45) is 11.7 Å². The van der Waals surface area contributed by atoms with Crippen LogP contribution in [0.4, 0.5) is 4.79 Å². The van der Waals surface area contributed by atoms with Crippen molar-refractivity contribution >= 4 is 23.8 Å². The minimum atomic E-state index is -1.28. The first kappa shape index (κ1) is 33.2. The summed E-state index contributed by atoms with van der Waals surface area (Å²) in [5.41, 5.74) is 5.42. The van der Waals surface area contributed by atoms with Crippen LogP contribution in [-0.4, -0.2) is 106 Å². The highest BCUT2D eigenvalue weighted by Gasteiger charge is 2.72. The van der Waals surface area contributed by atoms with Crippen LogP contribution in [-0.2, 0) is 31.0 Å². The summed E-state index contributed by atoms with van der Waals surface area (Å²) in [6, 6.07) is 2.62. The minimum absolute atomic E-state index is 0.00155. The molecular weight excluding hydrogens is 608 g/mol. The lowest BCUT2D eigenvalue weighted by atomic mass is 9.50. The molecule has 5 atom stereocenters. The standard InChI is InChI=1S/C34H46N4O9/c1-37(15-4-6-23(39)22(5-2-3-14-35)36-27(41)18-28(42)43)32(44)46-25-11-12-34(45)26-17-21-9-10-24(40)30-29(21)33(34,31(25)47-30)13-16-38(26)19-20-7-8-20/h9-11,20,22,26,31,40,45H,2-8,12-19,35H2,1H3,(H,36,41)(H,42,43)/t22-,26?,31+,33+,34-/m1/s1. The summed E-state index contributed by atoms with van der Waals surface area (Å²) in [6.45, 7) is 2.36. The average molecular weight is 655 g/mol. The first-order valence-corrected chi connectivity index (χ1v) is 16.8. The molecule has 1 aromatic rings. The number of nitrogens with zero attached hydrogens (tertiary/aromatic N) is 2. The lowest BCUT2D eigenvalue weighted by Gasteiger charge is -2.62. The van der Waals surface area contributed by atoms with E-state index < -0.39 is 47.6 Å². The Morgan fingerprint density at radius 3 is 2.72 bits per heavy atom. The second-order valence-corrected chi connectivity index (χ2v) is 13.9. The van der Waals surface area contributed by atoms with E-state index in [9.17, 15) is 29.4 Å². The maximum atomic E-state index is 13.3. The number of ketones is 1. The molecule has 6 N–H and O–H groups in total. The molecule has 47 heavy (non-hydrogen) atoms. The predicted octanol–water partition coefficient (Wildman–Crippen LogP) is 1.96. The average Bonchev–Trinajstić information content (AvgIpc) is 3.76. The number of carbonyl (C=O) groups excluding carboxylic acids is 3. The summed E-state index contributed by atoms with van der Waals surface area (Å²) >= 11 is 0. The second kappa shape index (κ2) is 13.1. The summed E-state index contributed by atoms with van der Waals surface area (Å²) in [5, 5.41) is 34.8. The molecule has 2 amide bonds. The molecule has 5 aliphatic rings. The van der Waals surface area contributed by atoms with Crippen LogP contribution in [0.25, 0.3) is 0 Å². The number of carbonyl (C=O) groups is 4. The van der Waals surface area contributed by atoms with Gasteiger partial charge in [0.1, 0.15) is 12.2 Å². The van der Waals surface area contributed by atoms with E-state index in [-0.39, 0.29) is 37.0 Å². The number of carboxylic acids is 1. The zero-order valence-corrected chi connectivity index (χ0v) is 26.9. The lowest BCUT2D eigenvalue weighted by Crippen LogP contribution is -2.75. The van der Waals surface area contributed by atoms with Crippen LogP contribution in [0.3, 0.4) is 0 Å². The number of carboxylic acid groups (broad SMARTS) is 1. The fraction of sp³-hybridized carbons (Fsp3) is 0.647. The van der Waals surface area contributed by atoms with Crippen LogP contribution in [0.5, 0.6) is 11.5 Å². The van der Waals surface area contributed by atoms with E-state index in [2.05, 4.69) is 10.2 Å². The predicted molar refractivity (Wildman–Crippen MR) is 169 cm³/mol. The van der Waals surface area contributed by atoms with Crippen molar-refractivity contribution in [1.82, 2.24) is 15.1 Å². The lowest BCUT2D eigenvalue weighted by molar-refractivity contribution is -0.169. The summed E-state index contributed by atoms with van der Waals surface area (Å²) in [5.74, 6) is -0.927. The third-order valence-corrected chi connectivity index (χ3v) is 10.8. The van der Waals surface area contributed by atoms with Crippen molar-refractivity contribution in [2.45, 2.75) is 99.8 Å². The number of hydrogen-bond acceptors (Lipinski definition) is 10. The fourth-order valence-electron chi connectivity index (χ4n) is 8.29. The summed E-state index contributed by atoms with van der Waals surface area (Å²) in [4.78, 5) is 53.0. The number of phenolic OH excluding ortho intramolecular Hbond substituents is 1. The molecule has 2 bridgehead atoms. The van der Waals surface area contributed by atoms with Crippen molar-refractivity contribution in [3.63, 3.8) is 0 Å². The summed E-state index contributed by atoms with van der Waals surface area (Å²) in [6.07, 6.45) is 5.58. The Labute approximate surface area is 274 Å². The monoisotopic (exact) mass is 654 g/mol. The molecule has 6 rings (SSSR count). The van der Waals surface area contributed by atoms with Gasteiger partial charge in [0.15, 0.2) is 23.4 Å². The van der Waals surface area contributed by atoms with E-state index in [4.69, 9.17) is 20.3 Å². The van der Waals surface area contributed by atoms with Crippen molar-refractivity contribution in [2.75, 3.05) is 33.2 Å². The van der Waals surface area contributed by atoms with Crippen molar-refractivity contribution in [1.29, 1.82) is 0 Å². The number of ether oxygens (including phenoxy) is 2. The van der Waals surface area contributed by atoms with Gasteiger partial charge in [-0.2, -0.15) is 0 Å². The Bertz CT molecular complexity index is 1460. The molecule has 13 nitrogen and oxygen atoms in total. The van der Waals surface area contributed by atoms with Gasteiger partial charge in [0.05, 0.1) is 17.1 Å². The number of piperidine rings is 1. The Morgan fingerprint density at radius 1 is 1.21 bits per heavy atom. The minimum Gasteiger partial charge on any atom is -0.504 e. The molecule has 1 spiro atoms. The molecule has 13 heteroatoms. The van der Waals surface area contributed by atoms with Gasteiger partial charge in [0.25, 0.3) is 0 Å². The van der Waals surface area contributed by atoms with Crippen LogP contribution >= 0.6 is 0 Å². The van der Waals surface area contributed by atoms with Gasteiger partial charge in [0, 0.05) is 44.6 Å². The van der Waals surface area contributed by atoms with E-state index in [1.165, 1.54) is 17.7 Å². The number of hydrogen-bond donors (Lipinski definition) is 5. The first-order valence-electron chi connectivity index (χ1n) is 16.8. The summed E-state index contributed by atoms with van der Waals surface area (Å²) < 4.78 is 12.4. The molecule has 1 saturated carbocycles. The number of aliphatic hydroxyl groups is 1. The van der Waals surface area contributed by atoms with Gasteiger partial charge < -0.3 is 40.7 Å². The number of aromatic hydroxyl groups is 1. The zero-order valence-electron chi connectivity index (χ0n) is 26.9.